The SMILES string of the molecule is C[Si](C)(C)c1ccc(-c2cc(-c3cccc(-n4c5ccccc5c5ccccc54)c3)nc(-c3cccc([Si](c4ccccc4)(c4ccccc4)c4ccccc4)c3)n2)cc1.c1ccc(N(c2ccccc2)c2cc(-c3cccc([Si](c4ccccc4)(c4ccccc4)c4ccccc4)c3)nc(-n3c4ccccc4c4ccccc43)n2)cc1. The summed E-state index contributed by atoms with van der Waals surface area (Å²) < 4.78 is 4.59. The molecule has 0 atom stereocenters. The van der Waals surface area contributed by atoms with E-state index in [1.807, 2.05) is 0 Å². The van der Waals surface area contributed by atoms with Crippen LogP contribution in [0.3, 0.4) is 0 Å². The molecule has 0 saturated heterocycles. The Morgan fingerprint density at radius 2 is 0.538 bits per heavy atom. The van der Waals surface area contributed by atoms with Crippen LogP contribution in [0.1, 0.15) is 0 Å². The molecular weight excluding hydrogens is 1470 g/mol. The van der Waals surface area contributed by atoms with Gasteiger partial charge in [0, 0.05) is 66.9 Å². The molecule has 0 radical (unpaired) electrons. The monoisotopic (exact) mass is 1550 g/mol. The van der Waals surface area contributed by atoms with E-state index in [9.17, 15) is 0 Å². The van der Waals surface area contributed by atoms with Crippen molar-refractivity contribution in [3.8, 4) is 56.8 Å². The Hall–Kier alpha value is -14.3. The fourth-order valence-electron chi connectivity index (χ4n) is 17.4. The lowest BCUT2D eigenvalue weighted by Crippen LogP contribution is -2.74. The van der Waals surface area contributed by atoms with E-state index in [0.717, 1.165) is 84.0 Å². The Balaban J connectivity index is 0.000000156. The van der Waals surface area contributed by atoms with Crippen molar-refractivity contribution in [1.82, 2.24) is 29.1 Å². The maximum Gasteiger partial charge on any atom is 0.237 e. The first-order valence-electron chi connectivity index (χ1n) is 40.1. The number of fused-ring (bicyclic) bond motifs is 6. The molecule has 4 aromatic heterocycles. The van der Waals surface area contributed by atoms with E-state index in [-0.39, 0.29) is 0 Å². The van der Waals surface area contributed by atoms with Gasteiger partial charge in [-0.3, -0.25) is 9.47 Å². The molecule has 0 aliphatic heterocycles. The van der Waals surface area contributed by atoms with Crippen LogP contribution in [0.4, 0.5) is 17.2 Å². The number of nitrogens with zero attached hydrogens (tertiary/aromatic N) is 7. The van der Waals surface area contributed by atoms with Gasteiger partial charge in [0.2, 0.25) is 5.95 Å². The third-order valence-electron chi connectivity index (χ3n) is 22.9. The van der Waals surface area contributed by atoms with Gasteiger partial charge in [-0.15, -0.1) is 0 Å². The fourth-order valence-corrected chi connectivity index (χ4v) is 28.2. The van der Waals surface area contributed by atoms with Crippen molar-refractivity contribution < 1.29 is 0 Å². The van der Waals surface area contributed by atoms with Crippen LogP contribution in [-0.4, -0.2) is 53.3 Å². The third kappa shape index (κ3) is 13.7. The van der Waals surface area contributed by atoms with Crippen molar-refractivity contribution in [2.75, 3.05) is 4.90 Å². The highest BCUT2D eigenvalue weighted by atomic mass is 28.3. The van der Waals surface area contributed by atoms with Gasteiger partial charge in [0.15, 0.2) is 22.0 Å². The number of para-hydroxylation sites is 6. The molecule has 0 N–H and O–H groups in total. The van der Waals surface area contributed by atoms with Crippen LogP contribution in [0.15, 0.2) is 449 Å². The van der Waals surface area contributed by atoms with E-state index in [1.165, 1.54) is 68.5 Å². The van der Waals surface area contributed by atoms with Crippen LogP contribution >= 0.6 is 0 Å². The summed E-state index contributed by atoms with van der Waals surface area (Å²) in [5.41, 5.74) is 14.4. The van der Waals surface area contributed by atoms with E-state index in [2.05, 4.69) is 483 Å². The van der Waals surface area contributed by atoms with Crippen LogP contribution in [0.2, 0.25) is 19.6 Å². The first-order chi connectivity index (χ1) is 57.7. The molecule has 0 unspecified atom stereocenters. The topological polar surface area (TPSA) is 64.7 Å². The van der Waals surface area contributed by atoms with Gasteiger partial charge in [-0.25, -0.2) is 15.0 Å². The molecule has 16 aromatic carbocycles. The predicted molar refractivity (Wildman–Crippen MR) is 499 cm³/mol. The highest BCUT2D eigenvalue weighted by Gasteiger charge is 2.43. The molecule has 20 rings (SSSR count). The zero-order valence-corrected chi connectivity index (χ0v) is 68.4. The summed E-state index contributed by atoms with van der Waals surface area (Å²) in [6, 6.07) is 162. The highest BCUT2D eigenvalue weighted by Crippen LogP contribution is 2.39. The maximum atomic E-state index is 5.50. The summed E-state index contributed by atoms with van der Waals surface area (Å²) in [7, 11) is -7.08. The van der Waals surface area contributed by atoms with E-state index >= 15 is 0 Å². The van der Waals surface area contributed by atoms with Gasteiger partial charge in [-0.05, 0) is 108 Å². The van der Waals surface area contributed by atoms with E-state index in [1.54, 1.807) is 0 Å². The molecule has 558 valence electrons. The first kappa shape index (κ1) is 72.9. The molecule has 0 fully saturated rings. The Morgan fingerprint density at radius 3 is 0.940 bits per heavy atom. The largest absolute Gasteiger partial charge is 0.309 e. The minimum Gasteiger partial charge on any atom is -0.309 e. The molecule has 0 saturated carbocycles. The average Bonchev–Trinajstić information content (AvgIpc) is 1.68. The minimum atomic E-state index is -2.80. The van der Waals surface area contributed by atoms with Gasteiger partial charge in [0.1, 0.15) is 5.82 Å². The maximum absolute atomic E-state index is 5.50. The lowest BCUT2D eigenvalue weighted by molar-refractivity contribution is 0.981. The van der Waals surface area contributed by atoms with Gasteiger partial charge in [-0.1, -0.05) is 401 Å². The molecule has 117 heavy (non-hydrogen) atoms. The molecule has 0 bridgehead atoms. The second-order valence-electron chi connectivity index (χ2n) is 30.9. The van der Waals surface area contributed by atoms with E-state index < -0.39 is 24.2 Å². The van der Waals surface area contributed by atoms with Gasteiger partial charge in [0.25, 0.3) is 0 Å². The molecule has 0 aliphatic carbocycles. The van der Waals surface area contributed by atoms with Crippen molar-refractivity contribution in [1.29, 1.82) is 0 Å². The standard InChI is InChI=1S/C55H45N3Si2.C52H38N4Si/c1-59(2,3)44-35-33-40(34-36-44)51-39-52(41-19-17-21-43(37-41)58-53-31-15-13-29-49(53)50-30-14-16-32-54(50)58)57-55(56-51)42-20-18-28-48(38-42)60(45-22-7-4-8-23-45,46-24-9-5-10-25-46)47-26-11-6-12-27-47;1-6-22-40(23-7-1)55(41-24-8-2-9-25-41)51-38-48(53-52(54-51)56-49-35-18-16-33-46(49)47-34-17-19-36-50(47)56)39-21-20-32-45(37-39)57(42-26-10-3-11-27-42,43-28-12-4-13-29-43)44-30-14-5-15-31-44/h4-39H,1-3H3;1-38H. The quantitative estimate of drug-likeness (QED) is 0.0633. The summed E-state index contributed by atoms with van der Waals surface area (Å²) in [5.74, 6) is 2.09. The van der Waals surface area contributed by atoms with Crippen molar-refractivity contribution in [3.05, 3.63) is 449 Å². The van der Waals surface area contributed by atoms with E-state index in [0.29, 0.717) is 11.8 Å². The number of rotatable bonds is 18. The van der Waals surface area contributed by atoms with Gasteiger partial charge in [0.05, 0.1) is 47.2 Å². The second kappa shape index (κ2) is 31.6. The number of anilines is 3. The smallest absolute Gasteiger partial charge is 0.237 e. The lowest BCUT2D eigenvalue weighted by atomic mass is 10.1. The molecule has 10 heteroatoms. The summed E-state index contributed by atoms with van der Waals surface area (Å²) >= 11 is 0. The Kier molecular flexibility index (Phi) is 19.7. The minimum absolute atomic E-state index is 0.611. The molecule has 7 nitrogen and oxygen atoms in total. The highest BCUT2D eigenvalue weighted by molar-refractivity contribution is 7.20. The van der Waals surface area contributed by atoms with Crippen LogP contribution in [0.25, 0.3) is 100 Å². The summed E-state index contributed by atoms with van der Waals surface area (Å²) in [6.07, 6.45) is 0. The van der Waals surface area contributed by atoms with Crippen molar-refractivity contribution in [3.63, 3.8) is 0 Å². The van der Waals surface area contributed by atoms with Crippen molar-refractivity contribution >= 4 is 132 Å². The second-order valence-corrected chi connectivity index (χ2v) is 43.6. The number of hydrogen-bond acceptors (Lipinski definition) is 5. The first-order valence-corrected chi connectivity index (χ1v) is 47.6. The van der Waals surface area contributed by atoms with Crippen LogP contribution in [0, 0.1) is 0 Å². The van der Waals surface area contributed by atoms with Gasteiger partial charge < -0.3 is 4.57 Å². The Labute approximate surface area is 686 Å². The normalized spacial score (nSPS) is 11.7. The molecule has 0 aliphatic rings. The number of aromatic nitrogens is 6. The average molecular weight is 1550 g/mol. The molecule has 4 heterocycles. The van der Waals surface area contributed by atoms with Crippen molar-refractivity contribution in [2.24, 2.45) is 0 Å². The lowest BCUT2D eigenvalue weighted by Gasteiger charge is -2.34. The van der Waals surface area contributed by atoms with Crippen LogP contribution in [-0.2, 0) is 0 Å². The van der Waals surface area contributed by atoms with Gasteiger partial charge >= 0.3 is 0 Å². The summed E-state index contributed by atoms with van der Waals surface area (Å²) in [4.78, 5) is 24.0. The fraction of sp³-hybridized carbons (Fsp3) is 0.0280. The van der Waals surface area contributed by atoms with Crippen molar-refractivity contribution in [2.45, 2.75) is 19.6 Å². The molecule has 20 aromatic rings. The molecular formula is C107H83N7Si3. The number of benzene rings is 16. The van der Waals surface area contributed by atoms with Crippen LogP contribution in [0.5, 0.6) is 0 Å². The van der Waals surface area contributed by atoms with Crippen LogP contribution < -0.4 is 51.6 Å². The molecule has 0 spiro atoms. The summed E-state index contributed by atoms with van der Waals surface area (Å²) in [6.45, 7) is 7.18. The Bertz CT molecular complexity index is 6570. The summed E-state index contributed by atoms with van der Waals surface area (Å²) in [5, 5.41) is 16.8. The Morgan fingerprint density at radius 1 is 0.222 bits per heavy atom. The molecule has 0 amide bonds. The zero-order valence-electron chi connectivity index (χ0n) is 65.4. The van der Waals surface area contributed by atoms with Gasteiger partial charge in [-0.2, -0.15) is 4.98 Å². The van der Waals surface area contributed by atoms with E-state index in [4.69, 9.17) is 19.9 Å². The zero-order chi connectivity index (χ0) is 78.7. The number of hydrogen-bond donors (Lipinski definition) is 0. The third-order valence-corrected chi connectivity index (χ3v) is 34.5. The predicted octanol–water partition coefficient (Wildman–Crippen LogP) is 20.6.